The van der Waals surface area contributed by atoms with Crippen LogP contribution >= 0.6 is 0 Å². The zero-order chi connectivity index (χ0) is 18.7. The van der Waals surface area contributed by atoms with Crippen LogP contribution in [0.15, 0.2) is 36.5 Å². The van der Waals surface area contributed by atoms with Gasteiger partial charge in [-0.15, -0.1) is 0 Å². The highest BCUT2D eigenvalue weighted by molar-refractivity contribution is 5.92. The number of halogens is 2. The molecule has 0 spiro atoms. The lowest BCUT2D eigenvalue weighted by molar-refractivity contribution is -0.130. The molecule has 136 valence electrons. The first-order chi connectivity index (χ1) is 12.4. The van der Waals surface area contributed by atoms with E-state index in [0.29, 0.717) is 31.9 Å². The number of benzene rings is 1. The van der Waals surface area contributed by atoms with Crippen LogP contribution in [0.1, 0.15) is 17.4 Å². The van der Waals surface area contributed by atoms with E-state index in [4.69, 9.17) is 0 Å². The lowest BCUT2D eigenvalue weighted by Crippen LogP contribution is -2.50. The second-order valence-electron chi connectivity index (χ2n) is 5.98. The summed E-state index contributed by atoms with van der Waals surface area (Å²) in [7, 11) is 0. The SMILES string of the molecule is CC(=O)N1CCN(C(=O)c2ccc(Nc3ccc(F)cc3F)cn2)CC1. The molecule has 26 heavy (non-hydrogen) atoms. The van der Waals surface area contributed by atoms with Crippen LogP contribution < -0.4 is 5.32 Å². The molecule has 0 bridgehead atoms. The second kappa shape index (κ2) is 7.47. The maximum atomic E-state index is 13.7. The molecule has 1 fully saturated rings. The van der Waals surface area contributed by atoms with Gasteiger partial charge in [-0.25, -0.2) is 13.8 Å². The molecule has 2 amide bonds. The van der Waals surface area contributed by atoms with Crippen LogP contribution in [-0.4, -0.2) is 52.8 Å². The molecule has 1 aliphatic heterocycles. The summed E-state index contributed by atoms with van der Waals surface area (Å²) in [5.74, 6) is -1.59. The predicted molar refractivity (Wildman–Crippen MR) is 92.0 cm³/mol. The van der Waals surface area contributed by atoms with Gasteiger partial charge in [-0.1, -0.05) is 0 Å². The Kier molecular flexibility index (Phi) is 5.11. The van der Waals surface area contributed by atoms with E-state index in [1.165, 1.54) is 19.2 Å². The molecule has 1 aromatic heterocycles. The van der Waals surface area contributed by atoms with Gasteiger partial charge < -0.3 is 15.1 Å². The number of pyridine rings is 1. The zero-order valence-corrected chi connectivity index (χ0v) is 14.2. The van der Waals surface area contributed by atoms with Crippen molar-refractivity contribution in [1.29, 1.82) is 0 Å². The van der Waals surface area contributed by atoms with Gasteiger partial charge in [0.25, 0.3) is 5.91 Å². The maximum absolute atomic E-state index is 13.7. The molecule has 0 saturated carbocycles. The molecule has 2 aromatic rings. The summed E-state index contributed by atoms with van der Waals surface area (Å²) in [6, 6.07) is 6.38. The molecule has 1 saturated heterocycles. The minimum absolute atomic E-state index is 0.00123. The van der Waals surface area contributed by atoms with Crippen molar-refractivity contribution in [3.8, 4) is 0 Å². The van der Waals surface area contributed by atoms with Crippen LogP contribution in [0.2, 0.25) is 0 Å². The third-order valence-electron chi connectivity index (χ3n) is 4.20. The van der Waals surface area contributed by atoms with E-state index in [0.717, 1.165) is 12.1 Å². The van der Waals surface area contributed by atoms with Gasteiger partial charge in [0.05, 0.1) is 17.6 Å². The molecule has 3 rings (SSSR count). The number of hydrogen-bond donors (Lipinski definition) is 1. The highest BCUT2D eigenvalue weighted by atomic mass is 19.1. The van der Waals surface area contributed by atoms with E-state index in [9.17, 15) is 18.4 Å². The fourth-order valence-electron chi connectivity index (χ4n) is 2.73. The molecule has 6 nitrogen and oxygen atoms in total. The first-order valence-electron chi connectivity index (χ1n) is 8.17. The molecule has 1 aromatic carbocycles. The van der Waals surface area contributed by atoms with E-state index in [2.05, 4.69) is 10.3 Å². The summed E-state index contributed by atoms with van der Waals surface area (Å²) in [5.41, 5.74) is 0.868. The van der Waals surface area contributed by atoms with Gasteiger partial charge in [-0.3, -0.25) is 9.59 Å². The first-order valence-corrected chi connectivity index (χ1v) is 8.17. The van der Waals surface area contributed by atoms with Gasteiger partial charge in [-0.2, -0.15) is 0 Å². The van der Waals surface area contributed by atoms with Crippen molar-refractivity contribution in [1.82, 2.24) is 14.8 Å². The number of nitrogens with one attached hydrogen (secondary N) is 1. The summed E-state index contributed by atoms with van der Waals surface area (Å²) >= 11 is 0. The maximum Gasteiger partial charge on any atom is 0.272 e. The third kappa shape index (κ3) is 3.96. The fourth-order valence-corrected chi connectivity index (χ4v) is 2.73. The summed E-state index contributed by atoms with van der Waals surface area (Å²) < 4.78 is 26.6. The molecule has 1 N–H and O–H groups in total. The molecular formula is C18H18F2N4O2. The Morgan fingerprint density at radius 2 is 1.73 bits per heavy atom. The Bertz CT molecular complexity index is 818. The van der Waals surface area contributed by atoms with Gasteiger partial charge in [0.1, 0.15) is 17.3 Å². The second-order valence-corrected chi connectivity index (χ2v) is 5.98. The van der Waals surface area contributed by atoms with Crippen molar-refractivity contribution in [3.05, 3.63) is 53.9 Å². The van der Waals surface area contributed by atoms with Gasteiger partial charge in [0.2, 0.25) is 5.91 Å². The van der Waals surface area contributed by atoms with Crippen LogP contribution in [0.4, 0.5) is 20.2 Å². The van der Waals surface area contributed by atoms with Crippen LogP contribution in [0.3, 0.4) is 0 Å². The Labute approximate surface area is 149 Å². The summed E-state index contributed by atoms with van der Waals surface area (Å²) in [4.78, 5) is 31.3. The smallest absolute Gasteiger partial charge is 0.272 e. The van der Waals surface area contributed by atoms with Crippen molar-refractivity contribution in [3.63, 3.8) is 0 Å². The third-order valence-corrected chi connectivity index (χ3v) is 4.20. The minimum atomic E-state index is -0.714. The number of nitrogens with zero attached hydrogens (tertiary/aromatic N) is 3. The number of carbonyl (C=O) groups excluding carboxylic acids is 2. The van der Waals surface area contributed by atoms with Crippen LogP contribution in [0.25, 0.3) is 0 Å². The highest BCUT2D eigenvalue weighted by Crippen LogP contribution is 2.20. The van der Waals surface area contributed by atoms with Crippen LogP contribution in [0, 0.1) is 11.6 Å². The van der Waals surface area contributed by atoms with Gasteiger partial charge in [0.15, 0.2) is 0 Å². The number of amides is 2. The van der Waals surface area contributed by atoms with Crippen molar-refractivity contribution in [2.75, 3.05) is 31.5 Å². The van der Waals surface area contributed by atoms with Crippen molar-refractivity contribution in [2.24, 2.45) is 0 Å². The van der Waals surface area contributed by atoms with Crippen LogP contribution in [0.5, 0.6) is 0 Å². The van der Waals surface area contributed by atoms with E-state index in [1.807, 2.05) is 0 Å². The minimum Gasteiger partial charge on any atom is -0.352 e. The van der Waals surface area contributed by atoms with E-state index < -0.39 is 11.6 Å². The number of carbonyl (C=O) groups is 2. The molecule has 0 radical (unpaired) electrons. The summed E-state index contributed by atoms with van der Waals surface area (Å²) in [5, 5.41) is 2.79. The molecular weight excluding hydrogens is 342 g/mol. The zero-order valence-electron chi connectivity index (χ0n) is 14.2. The Hall–Kier alpha value is -3.03. The van der Waals surface area contributed by atoms with Gasteiger partial charge >= 0.3 is 0 Å². The number of hydrogen-bond acceptors (Lipinski definition) is 4. The summed E-state index contributed by atoms with van der Waals surface area (Å²) in [6.45, 7) is 3.44. The molecule has 8 heteroatoms. The average Bonchev–Trinajstić information content (AvgIpc) is 2.64. The number of rotatable bonds is 3. The van der Waals surface area contributed by atoms with E-state index >= 15 is 0 Å². The standard InChI is InChI=1S/C18H18F2N4O2/c1-12(25)23-6-8-24(9-7-23)18(26)17-5-3-14(11-21-17)22-16-4-2-13(19)10-15(16)20/h2-5,10-11,22H,6-9H2,1H3. The molecule has 0 aliphatic carbocycles. The number of anilines is 2. The van der Waals surface area contributed by atoms with Gasteiger partial charge in [-0.05, 0) is 24.3 Å². The van der Waals surface area contributed by atoms with Crippen molar-refractivity contribution >= 4 is 23.2 Å². The topological polar surface area (TPSA) is 65.5 Å². The predicted octanol–water partition coefficient (Wildman–Crippen LogP) is 2.41. The number of piperazine rings is 1. The quantitative estimate of drug-likeness (QED) is 0.913. The fraction of sp³-hybridized carbons (Fsp3) is 0.278. The molecule has 2 heterocycles. The Morgan fingerprint density at radius 1 is 1.04 bits per heavy atom. The Balaban J connectivity index is 1.64. The Morgan fingerprint density at radius 3 is 2.31 bits per heavy atom. The largest absolute Gasteiger partial charge is 0.352 e. The van der Waals surface area contributed by atoms with Crippen molar-refractivity contribution < 1.29 is 18.4 Å². The average molecular weight is 360 g/mol. The molecule has 0 atom stereocenters. The highest BCUT2D eigenvalue weighted by Gasteiger charge is 2.23. The first kappa shape index (κ1) is 17.8. The lowest BCUT2D eigenvalue weighted by Gasteiger charge is -2.34. The monoisotopic (exact) mass is 360 g/mol. The van der Waals surface area contributed by atoms with E-state index in [-0.39, 0.29) is 23.2 Å². The lowest BCUT2D eigenvalue weighted by atomic mass is 10.2. The molecule has 0 unspecified atom stereocenters. The van der Waals surface area contributed by atoms with Gasteiger partial charge in [0, 0.05) is 39.2 Å². The normalized spacial score (nSPS) is 14.3. The summed E-state index contributed by atoms with van der Waals surface area (Å²) in [6.07, 6.45) is 1.42. The molecule has 1 aliphatic rings. The van der Waals surface area contributed by atoms with Crippen LogP contribution in [-0.2, 0) is 4.79 Å². The van der Waals surface area contributed by atoms with Crippen molar-refractivity contribution in [2.45, 2.75) is 6.92 Å². The number of aromatic nitrogens is 1. The van der Waals surface area contributed by atoms with E-state index in [1.54, 1.807) is 21.9 Å².